The number of benzene rings is 3. The Balaban J connectivity index is 1.18. The second-order valence-corrected chi connectivity index (χ2v) is 10.6. The van der Waals surface area contributed by atoms with Gasteiger partial charge in [-0.1, -0.05) is 12.1 Å². The number of imidazole rings is 1. The van der Waals surface area contributed by atoms with Gasteiger partial charge in [0.2, 0.25) is 0 Å². The Morgan fingerprint density at radius 3 is 2.49 bits per heavy atom. The SMILES string of the molecule is O=c1[nH]c2ccccc2n1C1CCN(CC2CN(c3ccc(F)cc3)c3ccc(F)cc3S2)CC1. The molecule has 1 fully saturated rings. The van der Waals surface area contributed by atoms with E-state index in [-0.39, 0.29) is 28.6 Å². The molecule has 1 atom stereocenters. The number of piperidine rings is 1. The van der Waals surface area contributed by atoms with Crippen molar-refractivity contribution in [3.8, 4) is 0 Å². The van der Waals surface area contributed by atoms with Crippen LogP contribution in [0, 0.1) is 11.6 Å². The number of hydrogen-bond acceptors (Lipinski definition) is 4. The fraction of sp³-hybridized carbons (Fsp3) is 0.296. The summed E-state index contributed by atoms with van der Waals surface area (Å²) in [5.41, 5.74) is 3.66. The first-order chi connectivity index (χ1) is 17.0. The lowest BCUT2D eigenvalue weighted by atomic mass is 10.0. The molecule has 0 aliphatic carbocycles. The van der Waals surface area contributed by atoms with Crippen LogP contribution in [0.5, 0.6) is 0 Å². The first-order valence-electron chi connectivity index (χ1n) is 12.0. The Kier molecular flexibility index (Phi) is 5.86. The van der Waals surface area contributed by atoms with Crippen molar-refractivity contribution in [1.29, 1.82) is 0 Å². The van der Waals surface area contributed by atoms with Gasteiger partial charge in [0, 0.05) is 48.1 Å². The number of thioether (sulfide) groups is 1. The van der Waals surface area contributed by atoms with E-state index in [0.29, 0.717) is 0 Å². The molecule has 35 heavy (non-hydrogen) atoms. The molecule has 3 heterocycles. The maximum absolute atomic E-state index is 14.1. The van der Waals surface area contributed by atoms with Gasteiger partial charge in [-0.15, -0.1) is 11.8 Å². The minimum Gasteiger partial charge on any atom is -0.339 e. The highest BCUT2D eigenvalue weighted by molar-refractivity contribution is 8.00. The largest absolute Gasteiger partial charge is 0.339 e. The van der Waals surface area contributed by atoms with Gasteiger partial charge in [-0.3, -0.25) is 4.57 Å². The van der Waals surface area contributed by atoms with Gasteiger partial charge in [0.1, 0.15) is 11.6 Å². The minimum atomic E-state index is -0.270. The van der Waals surface area contributed by atoms with Crippen LogP contribution in [-0.4, -0.2) is 45.9 Å². The fourth-order valence-corrected chi connectivity index (χ4v) is 6.72. The molecule has 6 rings (SSSR count). The first kappa shape index (κ1) is 22.4. The number of fused-ring (bicyclic) bond motifs is 2. The zero-order chi connectivity index (χ0) is 23.9. The minimum absolute atomic E-state index is 0.0407. The molecule has 2 aliphatic heterocycles. The van der Waals surface area contributed by atoms with Gasteiger partial charge >= 0.3 is 5.69 Å². The third kappa shape index (κ3) is 4.36. The Labute approximate surface area is 206 Å². The molecule has 0 saturated carbocycles. The predicted octanol–water partition coefficient (Wildman–Crippen LogP) is 5.56. The average molecular weight is 493 g/mol. The summed E-state index contributed by atoms with van der Waals surface area (Å²) in [5.74, 6) is -0.519. The molecular weight excluding hydrogens is 466 g/mol. The monoisotopic (exact) mass is 492 g/mol. The molecule has 3 aromatic carbocycles. The molecule has 4 aromatic rings. The highest BCUT2D eigenvalue weighted by atomic mass is 32.2. The van der Waals surface area contributed by atoms with E-state index in [2.05, 4.69) is 14.8 Å². The summed E-state index contributed by atoms with van der Waals surface area (Å²) in [7, 11) is 0. The van der Waals surface area contributed by atoms with Crippen molar-refractivity contribution in [2.45, 2.75) is 29.0 Å². The quantitative estimate of drug-likeness (QED) is 0.405. The normalized spacial score (nSPS) is 19.3. The molecule has 1 aromatic heterocycles. The van der Waals surface area contributed by atoms with Gasteiger partial charge in [0.15, 0.2) is 0 Å². The smallest absolute Gasteiger partial charge is 0.326 e. The van der Waals surface area contributed by atoms with Gasteiger partial charge in [0.25, 0.3) is 0 Å². The van der Waals surface area contributed by atoms with Crippen LogP contribution in [0.2, 0.25) is 0 Å². The Morgan fingerprint density at radius 2 is 1.69 bits per heavy atom. The van der Waals surface area contributed by atoms with Gasteiger partial charge < -0.3 is 14.8 Å². The number of nitrogens with one attached hydrogen (secondary N) is 1. The lowest BCUT2D eigenvalue weighted by Crippen LogP contribution is -2.43. The lowest BCUT2D eigenvalue weighted by Gasteiger charge is -2.39. The fourth-order valence-electron chi connectivity index (χ4n) is 5.37. The van der Waals surface area contributed by atoms with E-state index < -0.39 is 0 Å². The molecule has 0 radical (unpaired) electrons. The van der Waals surface area contributed by atoms with Crippen molar-refractivity contribution in [3.63, 3.8) is 0 Å². The number of halogens is 2. The maximum Gasteiger partial charge on any atom is 0.326 e. The molecule has 0 bridgehead atoms. The second-order valence-electron chi connectivity index (χ2n) is 9.29. The number of likely N-dealkylation sites (tertiary alicyclic amines) is 1. The lowest BCUT2D eigenvalue weighted by molar-refractivity contribution is 0.188. The summed E-state index contributed by atoms with van der Waals surface area (Å²) < 4.78 is 29.5. The number of aromatic nitrogens is 2. The zero-order valence-corrected chi connectivity index (χ0v) is 20.0. The van der Waals surface area contributed by atoms with Crippen molar-refractivity contribution in [2.24, 2.45) is 0 Å². The van der Waals surface area contributed by atoms with Crippen molar-refractivity contribution in [1.82, 2.24) is 14.5 Å². The number of para-hydroxylation sites is 2. The maximum atomic E-state index is 14.1. The van der Waals surface area contributed by atoms with E-state index in [4.69, 9.17) is 0 Å². The Bertz CT molecular complexity index is 1410. The molecule has 2 aliphatic rings. The van der Waals surface area contributed by atoms with Gasteiger partial charge in [-0.05, 0) is 67.4 Å². The van der Waals surface area contributed by atoms with Crippen molar-refractivity contribution in [2.75, 3.05) is 31.1 Å². The highest BCUT2D eigenvalue weighted by Crippen LogP contribution is 2.43. The van der Waals surface area contributed by atoms with Crippen LogP contribution in [0.15, 0.2) is 76.4 Å². The highest BCUT2D eigenvalue weighted by Gasteiger charge is 2.30. The van der Waals surface area contributed by atoms with E-state index >= 15 is 0 Å². The number of rotatable bonds is 4. The van der Waals surface area contributed by atoms with Crippen LogP contribution >= 0.6 is 11.8 Å². The van der Waals surface area contributed by atoms with Crippen molar-refractivity contribution < 1.29 is 8.78 Å². The van der Waals surface area contributed by atoms with E-state index in [1.54, 1.807) is 30.0 Å². The van der Waals surface area contributed by atoms with Crippen LogP contribution in [0.25, 0.3) is 11.0 Å². The molecule has 1 saturated heterocycles. The zero-order valence-electron chi connectivity index (χ0n) is 19.2. The molecule has 0 amide bonds. The van der Waals surface area contributed by atoms with Crippen LogP contribution in [0.4, 0.5) is 20.2 Å². The number of aromatic amines is 1. The van der Waals surface area contributed by atoms with E-state index in [9.17, 15) is 13.6 Å². The van der Waals surface area contributed by atoms with E-state index in [1.807, 2.05) is 34.9 Å². The van der Waals surface area contributed by atoms with E-state index in [0.717, 1.165) is 66.3 Å². The summed E-state index contributed by atoms with van der Waals surface area (Å²) in [6.45, 7) is 3.44. The van der Waals surface area contributed by atoms with Crippen molar-refractivity contribution in [3.05, 3.63) is 88.8 Å². The Morgan fingerprint density at radius 1 is 0.943 bits per heavy atom. The number of anilines is 2. The van der Waals surface area contributed by atoms with Crippen LogP contribution < -0.4 is 10.6 Å². The third-order valence-electron chi connectivity index (χ3n) is 7.04. The molecule has 1 unspecified atom stereocenters. The topological polar surface area (TPSA) is 44.3 Å². The summed E-state index contributed by atoms with van der Waals surface area (Å²) in [6, 6.07) is 19.4. The van der Waals surface area contributed by atoms with Crippen molar-refractivity contribution >= 4 is 34.2 Å². The van der Waals surface area contributed by atoms with Gasteiger partial charge in [-0.2, -0.15) is 0 Å². The molecule has 5 nitrogen and oxygen atoms in total. The second kappa shape index (κ2) is 9.17. The van der Waals surface area contributed by atoms with Gasteiger partial charge in [0.05, 0.1) is 16.7 Å². The number of hydrogen-bond donors (Lipinski definition) is 1. The molecule has 1 N–H and O–H groups in total. The van der Waals surface area contributed by atoms with Crippen LogP contribution in [0.3, 0.4) is 0 Å². The molecular formula is C27H26F2N4OS. The molecule has 180 valence electrons. The Hall–Kier alpha value is -3.10. The van der Waals surface area contributed by atoms with Crippen LogP contribution in [0.1, 0.15) is 18.9 Å². The van der Waals surface area contributed by atoms with E-state index in [1.165, 1.54) is 18.2 Å². The summed E-state index contributed by atoms with van der Waals surface area (Å²) >= 11 is 1.71. The number of H-pyrrole nitrogens is 1. The summed E-state index contributed by atoms with van der Waals surface area (Å²) in [4.78, 5) is 21.1. The molecule has 0 spiro atoms. The summed E-state index contributed by atoms with van der Waals surface area (Å²) in [5, 5.41) is 0.238. The third-order valence-corrected chi connectivity index (χ3v) is 8.25. The number of nitrogens with zero attached hydrogens (tertiary/aromatic N) is 3. The molecule has 8 heteroatoms. The van der Waals surface area contributed by atoms with Gasteiger partial charge in [-0.25, -0.2) is 13.6 Å². The first-order valence-corrected chi connectivity index (χ1v) is 12.8. The van der Waals surface area contributed by atoms with Crippen LogP contribution in [-0.2, 0) is 0 Å². The standard InChI is InChI=1S/C27H26F2N4OS/c28-18-5-8-20(9-6-18)32-17-22(35-26-15-19(29)7-10-25(26)32)16-31-13-11-21(12-14-31)33-24-4-2-1-3-23(24)30-27(33)34/h1-10,15,21-22H,11-14,16-17H2,(H,30,34). The average Bonchev–Trinajstić information content (AvgIpc) is 3.20. The predicted molar refractivity (Wildman–Crippen MR) is 137 cm³/mol. The summed E-state index contributed by atoms with van der Waals surface area (Å²) in [6.07, 6.45) is 1.82.